The Morgan fingerprint density at radius 2 is 2.38 bits per heavy atom. The molecule has 0 radical (unpaired) electrons. The predicted molar refractivity (Wildman–Crippen MR) is 60.9 cm³/mol. The highest BCUT2D eigenvalue weighted by atomic mass is 16.5. The largest absolute Gasteiger partial charge is 0.396 e. The van der Waals surface area contributed by atoms with E-state index >= 15 is 0 Å². The molecule has 94 valence electrons. The van der Waals surface area contributed by atoms with Gasteiger partial charge in [-0.25, -0.2) is 0 Å². The van der Waals surface area contributed by atoms with Crippen LogP contribution < -0.4 is 5.73 Å². The number of likely N-dealkylation sites (tertiary alicyclic amines) is 1. The van der Waals surface area contributed by atoms with E-state index in [1.165, 1.54) is 7.11 Å². The van der Waals surface area contributed by atoms with Crippen LogP contribution in [0.4, 0.5) is 0 Å². The number of carbonyl (C=O) groups is 1. The number of nitrogens with two attached hydrogens (primary N) is 1. The van der Waals surface area contributed by atoms with Crippen LogP contribution in [0.2, 0.25) is 0 Å². The van der Waals surface area contributed by atoms with Crippen LogP contribution in [0.5, 0.6) is 0 Å². The molecule has 1 amide bonds. The van der Waals surface area contributed by atoms with Crippen LogP contribution in [0.15, 0.2) is 0 Å². The summed E-state index contributed by atoms with van der Waals surface area (Å²) in [5, 5.41) is 8.97. The van der Waals surface area contributed by atoms with Gasteiger partial charge in [0, 0.05) is 26.3 Å². The highest BCUT2D eigenvalue weighted by Crippen LogP contribution is 2.20. The molecule has 0 bridgehead atoms. The molecule has 1 aliphatic heterocycles. The maximum Gasteiger partial charge on any atom is 0.242 e. The van der Waals surface area contributed by atoms with E-state index in [-0.39, 0.29) is 25.2 Å². The maximum atomic E-state index is 12.0. The molecule has 2 atom stereocenters. The Hall–Kier alpha value is -0.650. The summed E-state index contributed by atoms with van der Waals surface area (Å²) in [6.07, 6.45) is 3.75. The van der Waals surface area contributed by atoms with Gasteiger partial charge in [-0.15, -0.1) is 0 Å². The van der Waals surface area contributed by atoms with E-state index in [1.807, 2.05) is 4.90 Å². The Morgan fingerprint density at radius 1 is 1.62 bits per heavy atom. The second-order valence-corrected chi connectivity index (χ2v) is 4.26. The van der Waals surface area contributed by atoms with Gasteiger partial charge < -0.3 is 20.5 Å². The first-order chi connectivity index (χ1) is 7.70. The number of aliphatic hydroxyl groups excluding tert-OH is 1. The first kappa shape index (κ1) is 13.4. The molecule has 0 aliphatic carbocycles. The Balaban J connectivity index is 2.56. The van der Waals surface area contributed by atoms with Gasteiger partial charge in [-0.2, -0.15) is 0 Å². The zero-order valence-electron chi connectivity index (χ0n) is 9.89. The molecule has 16 heavy (non-hydrogen) atoms. The average molecular weight is 230 g/mol. The van der Waals surface area contributed by atoms with Crippen LogP contribution in [-0.2, 0) is 9.53 Å². The lowest BCUT2D eigenvalue weighted by Crippen LogP contribution is -2.52. The summed E-state index contributed by atoms with van der Waals surface area (Å²) in [5.41, 5.74) is 5.74. The maximum absolute atomic E-state index is 12.0. The number of aliphatic hydroxyl groups is 1. The van der Waals surface area contributed by atoms with Crippen molar-refractivity contribution in [1.29, 1.82) is 0 Å². The third kappa shape index (κ3) is 3.43. The number of nitrogens with zero attached hydrogens (tertiary/aromatic N) is 1. The minimum atomic E-state index is -0.579. The van der Waals surface area contributed by atoms with Crippen molar-refractivity contribution in [2.24, 2.45) is 5.73 Å². The number of hydrogen-bond acceptors (Lipinski definition) is 4. The summed E-state index contributed by atoms with van der Waals surface area (Å²) in [4.78, 5) is 13.8. The molecule has 1 aliphatic rings. The smallest absolute Gasteiger partial charge is 0.242 e. The fourth-order valence-corrected chi connectivity index (χ4v) is 2.20. The summed E-state index contributed by atoms with van der Waals surface area (Å²) >= 11 is 0. The molecule has 0 saturated carbocycles. The molecular formula is C11H22N2O3. The topological polar surface area (TPSA) is 75.8 Å². The van der Waals surface area contributed by atoms with Crippen molar-refractivity contribution in [2.45, 2.75) is 37.8 Å². The van der Waals surface area contributed by atoms with Gasteiger partial charge >= 0.3 is 0 Å². The molecule has 0 aromatic carbocycles. The van der Waals surface area contributed by atoms with Crippen LogP contribution in [0, 0.1) is 0 Å². The van der Waals surface area contributed by atoms with Crippen LogP contribution in [-0.4, -0.2) is 54.9 Å². The number of amides is 1. The monoisotopic (exact) mass is 230 g/mol. The fourth-order valence-electron chi connectivity index (χ4n) is 2.20. The number of ether oxygens (including phenoxy) is 1. The molecule has 5 heteroatoms. The van der Waals surface area contributed by atoms with Crippen molar-refractivity contribution in [3.05, 3.63) is 0 Å². The van der Waals surface area contributed by atoms with E-state index in [0.717, 1.165) is 25.8 Å². The van der Waals surface area contributed by atoms with Crippen molar-refractivity contribution < 1.29 is 14.6 Å². The number of methoxy groups -OCH3 is 1. The van der Waals surface area contributed by atoms with Crippen LogP contribution in [0.25, 0.3) is 0 Å². The Kier molecular flexibility index (Phi) is 5.73. The van der Waals surface area contributed by atoms with Crippen molar-refractivity contribution in [3.63, 3.8) is 0 Å². The molecule has 1 heterocycles. The Morgan fingerprint density at radius 3 is 3.00 bits per heavy atom. The molecule has 1 rings (SSSR count). The standard InChI is InChI=1S/C11H22N2O3/c1-16-8-10(12)11(15)13-6-3-2-4-9(13)5-7-14/h9-10,14H,2-8,12H2,1H3. The zero-order chi connectivity index (χ0) is 12.0. The van der Waals surface area contributed by atoms with Crippen LogP contribution in [0.3, 0.4) is 0 Å². The lowest BCUT2D eigenvalue weighted by Gasteiger charge is -2.37. The van der Waals surface area contributed by atoms with Gasteiger partial charge in [0.2, 0.25) is 5.91 Å². The average Bonchev–Trinajstić information content (AvgIpc) is 2.29. The molecule has 1 fully saturated rings. The SMILES string of the molecule is COCC(N)C(=O)N1CCCCC1CCO. The molecule has 0 spiro atoms. The van der Waals surface area contributed by atoms with Gasteiger partial charge in [0.05, 0.1) is 6.61 Å². The second-order valence-electron chi connectivity index (χ2n) is 4.26. The molecule has 3 N–H and O–H groups in total. The molecule has 5 nitrogen and oxygen atoms in total. The van der Waals surface area contributed by atoms with Gasteiger partial charge in [0.15, 0.2) is 0 Å². The Bertz CT molecular complexity index is 221. The van der Waals surface area contributed by atoms with Gasteiger partial charge in [0.1, 0.15) is 6.04 Å². The first-order valence-electron chi connectivity index (χ1n) is 5.86. The Labute approximate surface area is 96.6 Å². The van der Waals surface area contributed by atoms with E-state index in [0.29, 0.717) is 6.42 Å². The number of hydrogen-bond donors (Lipinski definition) is 2. The molecule has 1 saturated heterocycles. The van der Waals surface area contributed by atoms with Crippen molar-refractivity contribution >= 4 is 5.91 Å². The van der Waals surface area contributed by atoms with E-state index in [2.05, 4.69) is 0 Å². The van der Waals surface area contributed by atoms with Gasteiger partial charge in [-0.3, -0.25) is 4.79 Å². The van der Waals surface area contributed by atoms with Crippen molar-refractivity contribution in [1.82, 2.24) is 4.90 Å². The van der Waals surface area contributed by atoms with E-state index in [4.69, 9.17) is 15.6 Å². The predicted octanol–water partition coefficient (Wildman–Crippen LogP) is -0.276. The quantitative estimate of drug-likeness (QED) is 0.681. The number of carbonyl (C=O) groups excluding carboxylic acids is 1. The van der Waals surface area contributed by atoms with Gasteiger partial charge in [-0.1, -0.05) is 0 Å². The van der Waals surface area contributed by atoms with Crippen LogP contribution in [0.1, 0.15) is 25.7 Å². The van der Waals surface area contributed by atoms with Crippen molar-refractivity contribution in [3.8, 4) is 0 Å². The molecule has 0 aromatic rings. The summed E-state index contributed by atoms with van der Waals surface area (Å²) < 4.78 is 4.89. The second kappa shape index (κ2) is 6.83. The number of piperidine rings is 1. The summed E-state index contributed by atoms with van der Waals surface area (Å²) in [7, 11) is 1.54. The summed E-state index contributed by atoms with van der Waals surface area (Å²) in [5.74, 6) is -0.0556. The number of rotatable bonds is 5. The summed E-state index contributed by atoms with van der Waals surface area (Å²) in [6.45, 7) is 1.12. The molecule has 2 unspecified atom stereocenters. The third-order valence-electron chi connectivity index (χ3n) is 3.04. The minimum absolute atomic E-state index is 0.0556. The lowest BCUT2D eigenvalue weighted by molar-refractivity contribution is -0.137. The highest BCUT2D eigenvalue weighted by Gasteiger charge is 2.29. The normalized spacial score (nSPS) is 23.2. The van der Waals surface area contributed by atoms with E-state index in [1.54, 1.807) is 0 Å². The zero-order valence-corrected chi connectivity index (χ0v) is 9.89. The summed E-state index contributed by atoms with van der Waals surface area (Å²) in [6, 6.07) is -0.432. The van der Waals surface area contributed by atoms with E-state index in [9.17, 15) is 4.79 Å². The third-order valence-corrected chi connectivity index (χ3v) is 3.04. The molecular weight excluding hydrogens is 208 g/mol. The van der Waals surface area contributed by atoms with Crippen molar-refractivity contribution in [2.75, 3.05) is 26.9 Å². The lowest BCUT2D eigenvalue weighted by atomic mass is 9.99. The van der Waals surface area contributed by atoms with Gasteiger partial charge in [0.25, 0.3) is 0 Å². The molecule has 0 aromatic heterocycles. The highest BCUT2D eigenvalue weighted by molar-refractivity contribution is 5.82. The van der Waals surface area contributed by atoms with Crippen LogP contribution >= 0.6 is 0 Å². The van der Waals surface area contributed by atoms with Gasteiger partial charge in [-0.05, 0) is 25.7 Å². The first-order valence-corrected chi connectivity index (χ1v) is 5.86. The van der Waals surface area contributed by atoms with E-state index < -0.39 is 6.04 Å². The minimum Gasteiger partial charge on any atom is -0.396 e. The fraction of sp³-hybridized carbons (Fsp3) is 0.909.